The normalized spacial score (nSPS) is 12.1. The highest BCUT2D eigenvalue weighted by molar-refractivity contribution is 7.89. The molecular formula is C19H16F3N3O4S. The van der Waals surface area contributed by atoms with Gasteiger partial charge in [0, 0.05) is 30.9 Å². The molecule has 0 fully saturated rings. The third kappa shape index (κ3) is 4.86. The smallest absolute Gasteiger partial charge is 0.383 e. The van der Waals surface area contributed by atoms with Crippen LogP contribution in [0.1, 0.15) is 5.56 Å². The maximum Gasteiger partial charge on any atom is 0.418 e. The molecule has 0 amide bonds. The number of hydrogen-bond donors (Lipinski definition) is 2. The van der Waals surface area contributed by atoms with Crippen LogP contribution in [0.3, 0.4) is 0 Å². The molecule has 0 aromatic heterocycles. The fourth-order valence-corrected chi connectivity index (χ4v) is 3.90. The van der Waals surface area contributed by atoms with Gasteiger partial charge < -0.3 is 5.32 Å². The van der Waals surface area contributed by atoms with E-state index in [-0.39, 0.29) is 23.7 Å². The zero-order valence-electron chi connectivity index (χ0n) is 15.3. The monoisotopic (exact) mass is 439 g/mol. The molecule has 0 unspecified atom stereocenters. The molecule has 0 aliphatic rings. The second-order valence-electron chi connectivity index (χ2n) is 6.32. The molecular weight excluding hydrogens is 423 g/mol. The Balaban J connectivity index is 1.68. The van der Waals surface area contributed by atoms with Crippen molar-refractivity contribution >= 4 is 32.2 Å². The lowest BCUT2D eigenvalue weighted by Gasteiger charge is -2.15. The lowest BCUT2D eigenvalue weighted by Crippen LogP contribution is -2.29. The van der Waals surface area contributed by atoms with Gasteiger partial charge in [0.05, 0.1) is 15.4 Å². The van der Waals surface area contributed by atoms with Crippen LogP contribution in [-0.2, 0) is 16.2 Å². The van der Waals surface area contributed by atoms with Crippen molar-refractivity contribution in [3.8, 4) is 0 Å². The van der Waals surface area contributed by atoms with Crippen molar-refractivity contribution in [2.75, 3.05) is 18.4 Å². The van der Waals surface area contributed by atoms with E-state index in [9.17, 15) is 31.7 Å². The van der Waals surface area contributed by atoms with Crippen molar-refractivity contribution < 1.29 is 26.5 Å². The number of fused-ring (bicyclic) bond motifs is 1. The van der Waals surface area contributed by atoms with Gasteiger partial charge in [-0.05, 0) is 29.0 Å². The fourth-order valence-electron chi connectivity index (χ4n) is 2.83. The maximum atomic E-state index is 13.2. The summed E-state index contributed by atoms with van der Waals surface area (Å²) in [6.07, 6.45) is -4.81. The van der Waals surface area contributed by atoms with Gasteiger partial charge in [-0.1, -0.05) is 30.3 Å². The van der Waals surface area contributed by atoms with E-state index in [0.29, 0.717) is 6.07 Å². The number of anilines is 1. The molecule has 0 aliphatic heterocycles. The summed E-state index contributed by atoms with van der Waals surface area (Å²) < 4.78 is 66.7. The molecule has 158 valence electrons. The van der Waals surface area contributed by atoms with Crippen LogP contribution >= 0.6 is 0 Å². The average molecular weight is 439 g/mol. The van der Waals surface area contributed by atoms with Crippen LogP contribution in [0, 0.1) is 10.1 Å². The van der Waals surface area contributed by atoms with Crippen molar-refractivity contribution in [3.63, 3.8) is 0 Å². The molecule has 2 N–H and O–H groups in total. The minimum atomic E-state index is -4.81. The van der Waals surface area contributed by atoms with Gasteiger partial charge in [0.2, 0.25) is 10.0 Å². The van der Waals surface area contributed by atoms with Crippen LogP contribution in [0.15, 0.2) is 65.6 Å². The molecule has 3 rings (SSSR count). The lowest BCUT2D eigenvalue weighted by atomic mass is 10.1. The van der Waals surface area contributed by atoms with E-state index in [1.165, 1.54) is 12.1 Å². The first-order chi connectivity index (χ1) is 14.1. The van der Waals surface area contributed by atoms with Gasteiger partial charge in [0.15, 0.2) is 0 Å². The van der Waals surface area contributed by atoms with Gasteiger partial charge in [-0.2, -0.15) is 13.2 Å². The second-order valence-corrected chi connectivity index (χ2v) is 8.09. The Morgan fingerprint density at radius 2 is 1.63 bits per heavy atom. The molecule has 0 atom stereocenters. The molecule has 3 aromatic rings. The van der Waals surface area contributed by atoms with Gasteiger partial charge in [0.1, 0.15) is 0 Å². The number of nitro benzene ring substituents is 1. The predicted octanol–water partition coefficient (Wildman–Crippen LogP) is 4.16. The van der Waals surface area contributed by atoms with Crippen molar-refractivity contribution in [1.82, 2.24) is 4.72 Å². The number of nitro groups is 1. The number of nitrogens with zero attached hydrogens (tertiary/aromatic N) is 1. The Hall–Kier alpha value is -3.18. The fraction of sp³-hybridized carbons (Fsp3) is 0.158. The molecule has 0 bridgehead atoms. The van der Waals surface area contributed by atoms with Crippen LogP contribution in [-0.4, -0.2) is 26.4 Å². The van der Waals surface area contributed by atoms with Crippen molar-refractivity contribution in [1.29, 1.82) is 0 Å². The maximum absolute atomic E-state index is 13.2. The molecule has 0 radical (unpaired) electrons. The molecule has 0 spiro atoms. The third-order valence-corrected chi connectivity index (χ3v) is 5.74. The van der Waals surface area contributed by atoms with E-state index in [2.05, 4.69) is 10.0 Å². The molecule has 0 heterocycles. The van der Waals surface area contributed by atoms with Crippen LogP contribution in [0.2, 0.25) is 0 Å². The third-order valence-electron chi connectivity index (χ3n) is 4.28. The highest BCUT2D eigenvalue weighted by atomic mass is 32.2. The number of benzene rings is 3. The zero-order chi connectivity index (χ0) is 21.9. The summed E-state index contributed by atoms with van der Waals surface area (Å²) in [7, 11) is -3.86. The summed E-state index contributed by atoms with van der Waals surface area (Å²) >= 11 is 0. The summed E-state index contributed by atoms with van der Waals surface area (Å²) in [6.45, 7) is -0.350. The first kappa shape index (κ1) is 21.5. The summed E-state index contributed by atoms with van der Waals surface area (Å²) in [4.78, 5) is 9.83. The second kappa shape index (κ2) is 8.28. The Kier molecular flexibility index (Phi) is 5.94. The SMILES string of the molecule is O=[N+]([O-])c1ccc(NCCNS(=O)(=O)c2ccc3ccccc3c2)c(C(F)(F)F)c1. The lowest BCUT2D eigenvalue weighted by molar-refractivity contribution is -0.385. The number of hydrogen-bond acceptors (Lipinski definition) is 5. The molecule has 0 saturated heterocycles. The Morgan fingerprint density at radius 3 is 2.30 bits per heavy atom. The van der Waals surface area contributed by atoms with Crippen molar-refractivity contribution in [2.45, 2.75) is 11.1 Å². The Labute approximate surface area is 169 Å². The van der Waals surface area contributed by atoms with E-state index in [1.807, 2.05) is 12.1 Å². The van der Waals surface area contributed by atoms with Gasteiger partial charge in [-0.3, -0.25) is 10.1 Å². The van der Waals surface area contributed by atoms with Gasteiger partial charge in [0.25, 0.3) is 5.69 Å². The highest BCUT2D eigenvalue weighted by Gasteiger charge is 2.35. The number of nitrogens with one attached hydrogen (secondary N) is 2. The largest absolute Gasteiger partial charge is 0.418 e. The van der Waals surface area contributed by atoms with E-state index >= 15 is 0 Å². The molecule has 30 heavy (non-hydrogen) atoms. The summed E-state index contributed by atoms with van der Waals surface area (Å²) in [5, 5.41) is 14.8. The predicted molar refractivity (Wildman–Crippen MR) is 106 cm³/mol. The number of sulfonamides is 1. The summed E-state index contributed by atoms with van der Waals surface area (Å²) in [5.41, 5.74) is -2.27. The summed E-state index contributed by atoms with van der Waals surface area (Å²) in [6, 6.07) is 14.1. The van der Waals surface area contributed by atoms with E-state index in [0.717, 1.165) is 22.9 Å². The molecule has 3 aromatic carbocycles. The minimum Gasteiger partial charge on any atom is -0.383 e. The summed E-state index contributed by atoms with van der Waals surface area (Å²) in [5.74, 6) is 0. The molecule has 7 nitrogen and oxygen atoms in total. The Morgan fingerprint density at radius 1 is 0.933 bits per heavy atom. The number of rotatable bonds is 7. The van der Waals surface area contributed by atoms with Gasteiger partial charge in [-0.15, -0.1) is 0 Å². The van der Waals surface area contributed by atoms with Crippen LogP contribution in [0.4, 0.5) is 24.5 Å². The topological polar surface area (TPSA) is 101 Å². The van der Waals surface area contributed by atoms with Crippen LogP contribution in [0.25, 0.3) is 10.8 Å². The van der Waals surface area contributed by atoms with E-state index in [1.54, 1.807) is 18.2 Å². The highest BCUT2D eigenvalue weighted by Crippen LogP contribution is 2.37. The Bertz CT molecular complexity index is 1200. The number of alkyl halides is 3. The van der Waals surface area contributed by atoms with Crippen molar-refractivity contribution in [3.05, 3.63) is 76.3 Å². The quantitative estimate of drug-likeness (QED) is 0.327. The molecule has 11 heteroatoms. The van der Waals surface area contributed by atoms with E-state index in [4.69, 9.17) is 0 Å². The van der Waals surface area contributed by atoms with E-state index < -0.39 is 32.4 Å². The van der Waals surface area contributed by atoms with Crippen molar-refractivity contribution in [2.24, 2.45) is 0 Å². The van der Waals surface area contributed by atoms with Gasteiger partial charge >= 0.3 is 6.18 Å². The number of halogens is 3. The van der Waals surface area contributed by atoms with Crippen LogP contribution < -0.4 is 10.0 Å². The first-order valence-electron chi connectivity index (χ1n) is 8.66. The molecule has 0 aliphatic carbocycles. The molecule has 0 saturated carbocycles. The average Bonchev–Trinajstić information content (AvgIpc) is 2.70. The zero-order valence-corrected chi connectivity index (χ0v) is 16.1. The van der Waals surface area contributed by atoms with Gasteiger partial charge in [-0.25, -0.2) is 13.1 Å². The number of non-ortho nitro benzene ring substituents is 1. The van der Waals surface area contributed by atoms with Crippen LogP contribution in [0.5, 0.6) is 0 Å². The minimum absolute atomic E-state index is 0.0347. The first-order valence-corrected chi connectivity index (χ1v) is 10.1. The standard InChI is InChI=1S/C19H16F3N3O4S/c20-19(21,22)17-12-15(25(26)27)6-8-18(17)23-9-10-24-30(28,29)16-7-5-13-3-1-2-4-14(13)11-16/h1-8,11-12,23-24H,9-10H2.